The number of piperidine rings is 1. The van der Waals surface area contributed by atoms with Gasteiger partial charge in [0.2, 0.25) is 10.0 Å². The van der Waals surface area contributed by atoms with Crippen molar-refractivity contribution in [2.75, 3.05) is 24.1 Å². The zero-order chi connectivity index (χ0) is 21.4. The van der Waals surface area contributed by atoms with E-state index in [9.17, 15) is 8.42 Å². The van der Waals surface area contributed by atoms with E-state index in [0.29, 0.717) is 5.82 Å². The molecule has 8 heteroatoms. The average molecular weight is 436 g/mol. The number of fused-ring (bicyclic) bond motifs is 3. The molecule has 0 unspecified atom stereocenters. The molecule has 1 fully saturated rings. The Kier molecular flexibility index (Phi) is 5.11. The zero-order valence-corrected chi connectivity index (χ0v) is 18.2. The fourth-order valence-electron chi connectivity index (χ4n) is 4.26. The van der Waals surface area contributed by atoms with Gasteiger partial charge in [-0.1, -0.05) is 30.7 Å². The number of hydrogen-bond donors (Lipinski definition) is 2. The summed E-state index contributed by atoms with van der Waals surface area (Å²) < 4.78 is 25.5. The van der Waals surface area contributed by atoms with Gasteiger partial charge in [-0.25, -0.2) is 18.4 Å². The Morgan fingerprint density at radius 2 is 1.74 bits per heavy atom. The third kappa shape index (κ3) is 4.40. The van der Waals surface area contributed by atoms with Gasteiger partial charge >= 0.3 is 0 Å². The summed E-state index contributed by atoms with van der Waals surface area (Å²) in [5, 5.41) is 1.82. The molecule has 1 aromatic carbocycles. The minimum absolute atomic E-state index is 0.295. The first-order chi connectivity index (χ1) is 14.9. The van der Waals surface area contributed by atoms with E-state index < -0.39 is 10.0 Å². The number of anilines is 1. The van der Waals surface area contributed by atoms with Gasteiger partial charge in [-0.15, -0.1) is 0 Å². The lowest BCUT2D eigenvalue weighted by atomic mass is 10.0. The van der Waals surface area contributed by atoms with Crippen LogP contribution in [0.25, 0.3) is 33.1 Å². The lowest BCUT2D eigenvalue weighted by Gasteiger charge is -2.26. The van der Waals surface area contributed by atoms with Crippen molar-refractivity contribution >= 4 is 37.8 Å². The third-order valence-electron chi connectivity index (χ3n) is 5.77. The smallest absolute Gasteiger partial charge is 0.230 e. The van der Waals surface area contributed by atoms with E-state index in [-0.39, 0.29) is 0 Å². The van der Waals surface area contributed by atoms with Crippen LogP contribution in [0.15, 0.2) is 48.8 Å². The van der Waals surface area contributed by atoms with Gasteiger partial charge in [-0.3, -0.25) is 9.62 Å². The van der Waals surface area contributed by atoms with E-state index in [0.717, 1.165) is 45.9 Å². The van der Waals surface area contributed by atoms with E-state index in [1.807, 2.05) is 6.20 Å². The normalized spacial score (nSPS) is 15.5. The lowest BCUT2D eigenvalue weighted by molar-refractivity contribution is 0.221. The van der Waals surface area contributed by atoms with Crippen molar-refractivity contribution < 1.29 is 8.42 Å². The van der Waals surface area contributed by atoms with Crippen LogP contribution >= 0.6 is 0 Å². The molecular formula is C23H25N5O2S. The summed E-state index contributed by atoms with van der Waals surface area (Å²) in [6, 6.07) is 12.5. The molecule has 0 saturated carbocycles. The SMILES string of the molecule is CS(=O)(=O)Nc1cc2c(cn1)[nH]c1ncc(-c3ccc(CN4CCCCC4)cc3)cc12. The number of likely N-dealkylation sites (tertiary alicyclic amines) is 1. The van der Waals surface area contributed by atoms with E-state index in [2.05, 4.69) is 54.9 Å². The van der Waals surface area contributed by atoms with Crippen LogP contribution in [0.4, 0.5) is 5.82 Å². The molecule has 1 aliphatic rings. The molecule has 0 radical (unpaired) electrons. The van der Waals surface area contributed by atoms with Crippen LogP contribution in [-0.4, -0.2) is 47.6 Å². The molecule has 0 bridgehead atoms. The Labute approximate surface area is 181 Å². The van der Waals surface area contributed by atoms with Gasteiger partial charge in [-0.05, 0) is 49.2 Å². The number of pyridine rings is 2. The summed E-state index contributed by atoms with van der Waals surface area (Å²) in [6.07, 6.45) is 8.54. The van der Waals surface area contributed by atoms with Crippen LogP contribution in [0.2, 0.25) is 0 Å². The number of nitrogens with zero attached hydrogens (tertiary/aromatic N) is 3. The molecule has 2 N–H and O–H groups in total. The molecular weight excluding hydrogens is 410 g/mol. The quantitative estimate of drug-likeness (QED) is 0.492. The Balaban J connectivity index is 1.45. The van der Waals surface area contributed by atoms with Crippen molar-refractivity contribution in [1.29, 1.82) is 0 Å². The van der Waals surface area contributed by atoms with E-state index in [1.54, 1.807) is 12.3 Å². The molecule has 0 spiro atoms. The number of hydrogen-bond acceptors (Lipinski definition) is 5. The number of aromatic nitrogens is 3. The number of H-pyrrole nitrogens is 1. The van der Waals surface area contributed by atoms with Crippen molar-refractivity contribution in [2.45, 2.75) is 25.8 Å². The zero-order valence-electron chi connectivity index (χ0n) is 17.4. The van der Waals surface area contributed by atoms with E-state index in [4.69, 9.17) is 0 Å². The second-order valence-corrected chi connectivity index (χ2v) is 10.0. The minimum atomic E-state index is -3.39. The van der Waals surface area contributed by atoms with Crippen molar-refractivity contribution in [3.8, 4) is 11.1 Å². The maximum absolute atomic E-state index is 11.6. The van der Waals surface area contributed by atoms with Gasteiger partial charge in [0.25, 0.3) is 0 Å². The largest absolute Gasteiger partial charge is 0.338 e. The molecule has 3 aromatic heterocycles. The van der Waals surface area contributed by atoms with Gasteiger partial charge in [0.1, 0.15) is 11.5 Å². The number of rotatable bonds is 5. The van der Waals surface area contributed by atoms with Crippen molar-refractivity contribution in [2.24, 2.45) is 0 Å². The number of aromatic amines is 1. The summed E-state index contributed by atoms with van der Waals surface area (Å²) in [4.78, 5) is 14.5. The van der Waals surface area contributed by atoms with Crippen LogP contribution in [0.5, 0.6) is 0 Å². The first kappa shape index (κ1) is 20.0. The molecule has 7 nitrogen and oxygen atoms in total. The second kappa shape index (κ2) is 7.94. The maximum atomic E-state index is 11.6. The summed E-state index contributed by atoms with van der Waals surface area (Å²) in [7, 11) is -3.39. The maximum Gasteiger partial charge on any atom is 0.230 e. The summed E-state index contributed by atoms with van der Waals surface area (Å²) in [5.74, 6) is 0.295. The monoisotopic (exact) mass is 435 g/mol. The first-order valence-corrected chi connectivity index (χ1v) is 12.4. The molecule has 5 rings (SSSR count). The van der Waals surface area contributed by atoms with Crippen LogP contribution in [0, 0.1) is 0 Å². The summed E-state index contributed by atoms with van der Waals surface area (Å²) in [6.45, 7) is 3.38. The predicted octanol–water partition coefficient (Wildman–Crippen LogP) is 4.14. The molecule has 1 aliphatic heterocycles. The van der Waals surface area contributed by atoms with Gasteiger partial charge in [0.05, 0.1) is 18.0 Å². The first-order valence-electron chi connectivity index (χ1n) is 10.5. The summed E-state index contributed by atoms with van der Waals surface area (Å²) in [5.41, 5.74) is 5.02. The average Bonchev–Trinajstić information content (AvgIpc) is 3.11. The van der Waals surface area contributed by atoms with Crippen molar-refractivity contribution in [1.82, 2.24) is 19.9 Å². The predicted molar refractivity (Wildman–Crippen MR) is 124 cm³/mol. The lowest BCUT2D eigenvalue weighted by Crippen LogP contribution is -2.28. The highest BCUT2D eigenvalue weighted by Crippen LogP contribution is 2.30. The van der Waals surface area contributed by atoms with Gasteiger partial charge in [0, 0.05) is 29.1 Å². The highest BCUT2D eigenvalue weighted by molar-refractivity contribution is 7.92. The highest BCUT2D eigenvalue weighted by atomic mass is 32.2. The molecule has 4 heterocycles. The number of sulfonamides is 1. The Morgan fingerprint density at radius 1 is 0.968 bits per heavy atom. The Morgan fingerprint density at radius 3 is 2.48 bits per heavy atom. The molecule has 31 heavy (non-hydrogen) atoms. The highest BCUT2D eigenvalue weighted by Gasteiger charge is 2.12. The van der Waals surface area contributed by atoms with Gasteiger partial charge in [-0.2, -0.15) is 0 Å². The minimum Gasteiger partial charge on any atom is -0.338 e. The second-order valence-electron chi connectivity index (χ2n) is 8.27. The van der Waals surface area contributed by atoms with Crippen LogP contribution in [0.3, 0.4) is 0 Å². The molecule has 1 saturated heterocycles. The third-order valence-corrected chi connectivity index (χ3v) is 6.35. The Bertz CT molecular complexity index is 1340. The molecule has 160 valence electrons. The van der Waals surface area contributed by atoms with Crippen LogP contribution < -0.4 is 4.72 Å². The van der Waals surface area contributed by atoms with Crippen LogP contribution in [0.1, 0.15) is 24.8 Å². The Hall–Kier alpha value is -2.97. The molecule has 4 aromatic rings. The molecule has 0 atom stereocenters. The van der Waals surface area contributed by atoms with Crippen molar-refractivity contribution in [3.05, 3.63) is 54.4 Å². The number of benzene rings is 1. The van der Waals surface area contributed by atoms with E-state index in [1.165, 1.54) is 37.9 Å². The summed E-state index contributed by atoms with van der Waals surface area (Å²) >= 11 is 0. The fraction of sp³-hybridized carbons (Fsp3) is 0.304. The fourth-order valence-corrected chi connectivity index (χ4v) is 4.75. The van der Waals surface area contributed by atoms with Crippen LogP contribution in [-0.2, 0) is 16.6 Å². The number of nitrogens with one attached hydrogen (secondary N) is 2. The molecule has 0 amide bonds. The van der Waals surface area contributed by atoms with Crippen molar-refractivity contribution in [3.63, 3.8) is 0 Å². The standard InChI is InChI=1S/C23H25N5O2S/c1-31(29,30)27-22-12-19-20-11-18(13-25-23(20)26-21(19)14-24-22)17-7-5-16(6-8-17)15-28-9-3-2-4-10-28/h5-8,11-14H,2-4,9-10,15H2,1H3,(H,24,27)(H,25,26). The van der Waals surface area contributed by atoms with Gasteiger partial charge < -0.3 is 4.98 Å². The van der Waals surface area contributed by atoms with Gasteiger partial charge in [0.15, 0.2) is 0 Å². The van der Waals surface area contributed by atoms with E-state index >= 15 is 0 Å². The molecule has 0 aliphatic carbocycles. The topological polar surface area (TPSA) is 91.0 Å².